The van der Waals surface area contributed by atoms with Gasteiger partial charge in [-0.25, -0.2) is 4.79 Å². The molecule has 196 valence electrons. The molecule has 4 rings (SSSR count). The molecule has 0 saturated carbocycles. The highest BCUT2D eigenvalue weighted by Gasteiger charge is 2.47. The molecule has 1 amide bonds. The van der Waals surface area contributed by atoms with E-state index in [4.69, 9.17) is 0 Å². The number of ether oxygens (including phenoxy) is 1. The molecule has 0 aromatic heterocycles. The molecule has 1 spiro atoms. The maximum Gasteiger partial charge on any atom is 0.425 e. The number of piperazine rings is 1. The van der Waals surface area contributed by atoms with Gasteiger partial charge < -0.3 is 19.4 Å². The fraction of sp³-hybridized carbons (Fsp3) is 0.696. The summed E-state index contributed by atoms with van der Waals surface area (Å²) in [5, 5.41) is 0. The highest BCUT2D eigenvalue weighted by molar-refractivity contribution is 5.68. The Labute approximate surface area is 200 Å². The first kappa shape index (κ1) is 25.9. The average molecular weight is 509 g/mol. The van der Waals surface area contributed by atoms with Crippen LogP contribution in [0.4, 0.5) is 36.8 Å². The molecule has 3 saturated heterocycles. The van der Waals surface area contributed by atoms with E-state index in [2.05, 4.69) is 9.64 Å². The zero-order chi connectivity index (χ0) is 25.6. The number of benzene rings is 1. The van der Waals surface area contributed by atoms with Gasteiger partial charge in [0, 0.05) is 70.0 Å². The van der Waals surface area contributed by atoms with E-state index in [-0.39, 0.29) is 18.5 Å². The van der Waals surface area contributed by atoms with E-state index >= 15 is 0 Å². The third kappa shape index (κ3) is 5.79. The number of halogens is 6. The van der Waals surface area contributed by atoms with Crippen LogP contribution in [-0.2, 0) is 17.5 Å². The molecule has 0 radical (unpaired) electrons. The van der Waals surface area contributed by atoms with Crippen molar-refractivity contribution in [1.29, 1.82) is 0 Å². The first-order valence-electron chi connectivity index (χ1n) is 11.6. The zero-order valence-electron chi connectivity index (χ0n) is 19.8. The molecule has 3 fully saturated rings. The molecule has 12 heteroatoms. The van der Waals surface area contributed by atoms with Crippen LogP contribution in [0.25, 0.3) is 0 Å². The molecule has 0 N–H and O–H groups in total. The molecule has 1 aromatic carbocycles. The average Bonchev–Trinajstić information content (AvgIpc) is 3.18. The van der Waals surface area contributed by atoms with Crippen LogP contribution in [0.15, 0.2) is 18.2 Å². The Morgan fingerprint density at radius 1 is 1.03 bits per heavy atom. The van der Waals surface area contributed by atoms with Gasteiger partial charge in [0.25, 0.3) is 0 Å². The Balaban J connectivity index is 1.42. The van der Waals surface area contributed by atoms with E-state index in [1.807, 2.05) is 16.8 Å². The fourth-order valence-corrected chi connectivity index (χ4v) is 5.29. The van der Waals surface area contributed by atoms with Gasteiger partial charge in [0.05, 0.1) is 5.56 Å². The van der Waals surface area contributed by atoms with Crippen LogP contribution >= 0.6 is 0 Å². The third-order valence-corrected chi connectivity index (χ3v) is 7.17. The monoisotopic (exact) mass is 508 g/mol. The molecule has 3 aliphatic rings. The standard InChI is InChI=1S/C23H30F6N4O2/c1-16(22(24,25)26)35-20(34)32-9-7-31(8-10-32)12-17-3-4-18(23(27,28)29)11-19(17)33-6-5-21(15-33)13-30(2)14-21/h3-4,11,16H,5-10,12-15H2,1-2H3. The van der Waals surface area contributed by atoms with Crippen LogP contribution in [0, 0.1) is 5.41 Å². The first-order valence-corrected chi connectivity index (χ1v) is 11.6. The molecular weight excluding hydrogens is 478 g/mol. The summed E-state index contributed by atoms with van der Waals surface area (Å²) in [6.45, 7) is 5.56. The SMILES string of the molecule is CC(OC(=O)N1CCN(Cc2ccc(C(F)(F)F)cc2N2CCC3(CN(C)C3)C2)CC1)C(F)(F)F. The van der Waals surface area contributed by atoms with Crippen LogP contribution in [0.3, 0.4) is 0 Å². The van der Waals surface area contributed by atoms with Gasteiger partial charge >= 0.3 is 18.4 Å². The smallest absolute Gasteiger partial charge is 0.425 e. The lowest BCUT2D eigenvalue weighted by atomic mass is 9.79. The number of amides is 1. The lowest BCUT2D eigenvalue weighted by molar-refractivity contribution is -0.200. The van der Waals surface area contributed by atoms with Gasteiger partial charge in [0.1, 0.15) is 0 Å². The van der Waals surface area contributed by atoms with Crippen LogP contribution in [0.2, 0.25) is 0 Å². The van der Waals surface area contributed by atoms with E-state index in [1.165, 1.54) is 17.0 Å². The van der Waals surface area contributed by atoms with Gasteiger partial charge in [-0.2, -0.15) is 26.3 Å². The maximum atomic E-state index is 13.5. The second kappa shape index (κ2) is 9.34. The summed E-state index contributed by atoms with van der Waals surface area (Å²) in [5.74, 6) is 0. The zero-order valence-corrected chi connectivity index (χ0v) is 19.8. The highest BCUT2D eigenvalue weighted by atomic mass is 19.4. The van der Waals surface area contributed by atoms with Crippen LogP contribution in [-0.4, -0.2) is 92.5 Å². The number of nitrogens with zero attached hydrogens (tertiary/aromatic N) is 4. The molecular formula is C23H30F6N4O2. The Morgan fingerprint density at radius 2 is 1.69 bits per heavy atom. The number of anilines is 1. The normalized spacial score (nSPS) is 22.4. The molecule has 1 atom stereocenters. The number of likely N-dealkylation sites (tertiary alicyclic amines) is 1. The predicted molar refractivity (Wildman–Crippen MR) is 117 cm³/mol. The number of carbonyl (C=O) groups is 1. The van der Waals surface area contributed by atoms with Crippen molar-refractivity contribution in [3.63, 3.8) is 0 Å². The Morgan fingerprint density at radius 3 is 2.26 bits per heavy atom. The van der Waals surface area contributed by atoms with Gasteiger partial charge in [-0.05, 0) is 38.1 Å². The first-order chi connectivity index (χ1) is 16.3. The largest absolute Gasteiger partial charge is 0.437 e. The van der Waals surface area contributed by atoms with Crippen molar-refractivity contribution < 1.29 is 35.9 Å². The fourth-order valence-electron chi connectivity index (χ4n) is 5.29. The summed E-state index contributed by atoms with van der Waals surface area (Å²) in [7, 11) is 2.03. The summed E-state index contributed by atoms with van der Waals surface area (Å²) in [6, 6.07) is 3.83. The number of hydrogen-bond donors (Lipinski definition) is 0. The summed E-state index contributed by atoms with van der Waals surface area (Å²) in [4.78, 5) is 19.5. The number of hydrogen-bond acceptors (Lipinski definition) is 5. The molecule has 0 bridgehead atoms. The molecule has 1 aromatic rings. The number of rotatable bonds is 4. The van der Waals surface area contributed by atoms with Gasteiger partial charge in [-0.15, -0.1) is 0 Å². The Kier molecular flexibility index (Phi) is 6.91. The topological polar surface area (TPSA) is 39.3 Å². The second-order valence-electron chi connectivity index (χ2n) is 10.0. The van der Waals surface area contributed by atoms with Crippen molar-refractivity contribution in [2.45, 2.75) is 38.3 Å². The van der Waals surface area contributed by atoms with Gasteiger partial charge in [-0.3, -0.25) is 4.90 Å². The quantitative estimate of drug-likeness (QED) is 0.574. The van der Waals surface area contributed by atoms with Crippen molar-refractivity contribution in [3.05, 3.63) is 29.3 Å². The van der Waals surface area contributed by atoms with E-state index in [0.29, 0.717) is 38.4 Å². The Hall–Kier alpha value is -2.21. The molecule has 0 aliphatic carbocycles. The van der Waals surface area contributed by atoms with E-state index in [1.54, 1.807) is 0 Å². The van der Waals surface area contributed by atoms with E-state index < -0.39 is 30.1 Å². The van der Waals surface area contributed by atoms with Crippen LogP contribution < -0.4 is 4.90 Å². The van der Waals surface area contributed by atoms with Gasteiger partial charge in [0.15, 0.2) is 6.10 Å². The van der Waals surface area contributed by atoms with Crippen LogP contribution in [0.5, 0.6) is 0 Å². The molecule has 1 unspecified atom stereocenters. The van der Waals surface area contributed by atoms with E-state index in [0.717, 1.165) is 38.1 Å². The minimum atomic E-state index is -4.63. The highest BCUT2D eigenvalue weighted by Crippen LogP contribution is 2.42. The summed E-state index contributed by atoms with van der Waals surface area (Å²) in [5.41, 5.74) is 0.783. The van der Waals surface area contributed by atoms with Crippen molar-refractivity contribution in [2.24, 2.45) is 5.41 Å². The summed E-state index contributed by atoms with van der Waals surface area (Å²) >= 11 is 0. The van der Waals surface area contributed by atoms with E-state index in [9.17, 15) is 31.1 Å². The van der Waals surface area contributed by atoms with Crippen molar-refractivity contribution in [1.82, 2.24) is 14.7 Å². The van der Waals surface area contributed by atoms with Gasteiger partial charge in [0.2, 0.25) is 0 Å². The molecule has 35 heavy (non-hydrogen) atoms. The third-order valence-electron chi connectivity index (χ3n) is 7.17. The van der Waals surface area contributed by atoms with Gasteiger partial charge in [-0.1, -0.05) is 6.07 Å². The van der Waals surface area contributed by atoms with Crippen molar-refractivity contribution >= 4 is 11.8 Å². The minimum Gasteiger partial charge on any atom is -0.437 e. The summed E-state index contributed by atoms with van der Waals surface area (Å²) < 4.78 is 82.9. The molecule has 3 heterocycles. The lowest BCUT2D eigenvalue weighted by Gasteiger charge is -2.46. The predicted octanol–water partition coefficient (Wildman–Crippen LogP) is 4.05. The molecule has 3 aliphatic heterocycles. The second-order valence-corrected chi connectivity index (χ2v) is 10.0. The van der Waals surface area contributed by atoms with Crippen molar-refractivity contribution in [3.8, 4) is 0 Å². The minimum absolute atomic E-state index is 0.125. The van der Waals surface area contributed by atoms with Crippen molar-refractivity contribution in [2.75, 3.05) is 64.3 Å². The molecule has 6 nitrogen and oxygen atoms in total. The number of alkyl halides is 6. The lowest BCUT2D eigenvalue weighted by Crippen LogP contribution is -2.55. The van der Waals surface area contributed by atoms with Crippen LogP contribution in [0.1, 0.15) is 24.5 Å². The summed E-state index contributed by atoms with van der Waals surface area (Å²) in [6.07, 6.45) is -11.3. The maximum absolute atomic E-state index is 13.5. The number of carbonyl (C=O) groups excluding carboxylic acids is 1. The Bertz CT molecular complexity index is 924.